The average molecular weight is 873 g/mol. The van der Waals surface area contributed by atoms with E-state index in [9.17, 15) is 30.3 Å². The third-order valence-electron chi connectivity index (χ3n) is 7.04. The summed E-state index contributed by atoms with van der Waals surface area (Å²) in [5.41, 5.74) is 11.5. The molecule has 4 aromatic heterocycles. The van der Waals surface area contributed by atoms with Crippen LogP contribution in [0.2, 0.25) is 0 Å². The summed E-state index contributed by atoms with van der Waals surface area (Å²) >= 11 is 4.04. The molecule has 2 saturated heterocycles. The summed E-state index contributed by atoms with van der Waals surface area (Å²) in [6, 6.07) is 0. The topological polar surface area (TPSA) is 312 Å². The van der Waals surface area contributed by atoms with E-state index in [0.29, 0.717) is 25.9 Å². The van der Waals surface area contributed by atoms with E-state index in [1.165, 1.54) is 11.7 Å². The van der Waals surface area contributed by atoms with Crippen LogP contribution in [0.3, 0.4) is 0 Å². The van der Waals surface area contributed by atoms with Crippen molar-refractivity contribution in [1.82, 2.24) is 29.1 Å². The first-order chi connectivity index (χ1) is 20.4. The molecule has 244 valence electrons. The molecule has 0 bridgehead atoms. The minimum Gasteiger partial charge on any atom is -0.870 e. The summed E-state index contributed by atoms with van der Waals surface area (Å²) in [5.74, 6) is 0.277. The number of hydrogen-bond donors (Lipinski definition) is 9. The van der Waals surface area contributed by atoms with Crippen LogP contribution < -0.4 is 51.3 Å². The first kappa shape index (κ1) is 38.0. The maximum absolute atomic E-state index is 11.9. The van der Waals surface area contributed by atoms with E-state index in [1.54, 1.807) is 17.0 Å². The van der Waals surface area contributed by atoms with Crippen molar-refractivity contribution < 1.29 is 81.3 Å². The van der Waals surface area contributed by atoms with Crippen molar-refractivity contribution in [2.45, 2.75) is 49.1 Å². The Balaban J connectivity index is 0.000000301. The maximum Gasteiger partial charge on any atom is 1.00 e. The van der Waals surface area contributed by atoms with Gasteiger partial charge >= 0.3 is 29.6 Å². The molecule has 8 atom stereocenters. The predicted molar refractivity (Wildman–Crippen MR) is 169 cm³/mol. The van der Waals surface area contributed by atoms with Gasteiger partial charge in [0.1, 0.15) is 36.6 Å². The number of aromatic amines is 1. The molecule has 4 aromatic rings. The van der Waals surface area contributed by atoms with Crippen molar-refractivity contribution in [2.24, 2.45) is 0 Å². The molecule has 22 heteroatoms. The number of aliphatic hydroxyl groups excluding tert-OH is 6. The number of fused-ring (bicyclic) bond motifs is 2. The smallest absolute Gasteiger partial charge is 0.870 e. The largest absolute Gasteiger partial charge is 1.00 e. The van der Waals surface area contributed by atoms with Gasteiger partial charge in [0.25, 0.3) is 5.56 Å². The van der Waals surface area contributed by atoms with Crippen LogP contribution in [-0.4, -0.2) is 122 Å². The average Bonchev–Trinajstić information content (AvgIpc) is 3.66. The molecule has 6 heterocycles. The molecule has 6 rings (SSSR count). The molecule has 2 aliphatic heterocycles. The van der Waals surface area contributed by atoms with Gasteiger partial charge in [-0.3, -0.25) is 9.78 Å². The number of rotatable bonds is 5. The quantitative estimate of drug-likeness (QED) is 0.0669. The number of nitrogens with two attached hydrogens (primary N) is 2. The molecule has 0 aromatic carbocycles. The Kier molecular flexibility index (Phi) is 12.8. The Bertz CT molecular complexity index is 1710. The minimum absolute atomic E-state index is 0. The van der Waals surface area contributed by atoms with Crippen LogP contribution >= 0.6 is 45.2 Å². The second-order valence-electron chi connectivity index (χ2n) is 9.67. The number of ether oxygens (including phenoxy) is 3. The standard InChI is InChI=1S/C12H15IN4O5.C11H13IN4O5.Na.H2O.H2/c1-21-10-6-4(13)2-17(9(6)15-12(14)16-10)11-8(20)7(19)5(3-18)22-11;12-3-1-16(8-5(3)9(20)15-11(13)14-8)10-7(19)6(18)4(2-17)21-10;;;/h2,5,7-8,11,18-20H,3H2,1H3,(H2,14,15,16);1,4,6-7,10,17-19H,2H2,(H3,13,14,15,20);;1H2;1H/q;;+1;;/p-1/i;;;;1+1. The van der Waals surface area contributed by atoms with E-state index in [0.717, 1.165) is 3.57 Å². The van der Waals surface area contributed by atoms with Gasteiger partial charge in [-0.15, -0.1) is 0 Å². The van der Waals surface area contributed by atoms with Gasteiger partial charge in [-0.25, -0.2) is 0 Å². The SMILES string of the molecule is COc1nc(N)nc2c1c(I)cn2C1OC(CO)C(O)C1O.Nc1nc2c(c(I)cn2C2OC(CO)C(O)C2O)c(=O)[nH]1.[2HH].[Na+].[OH-]. The molecular weight excluding hydrogens is 841 g/mol. The fraction of sp³-hybridized carbons (Fsp3) is 0.478. The summed E-state index contributed by atoms with van der Waals surface area (Å²) in [7, 11) is 1.47. The van der Waals surface area contributed by atoms with Crippen molar-refractivity contribution in [1.29, 1.82) is 0 Å². The Labute approximate surface area is 303 Å². The summed E-state index contributed by atoms with van der Waals surface area (Å²) in [6.45, 7) is -0.827. The maximum atomic E-state index is 11.9. The molecule has 12 N–H and O–H groups in total. The van der Waals surface area contributed by atoms with Gasteiger partial charge in [-0.05, 0) is 45.2 Å². The van der Waals surface area contributed by atoms with Crippen LogP contribution in [0.4, 0.5) is 11.9 Å². The Morgan fingerprint density at radius 3 is 1.80 bits per heavy atom. The van der Waals surface area contributed by atoms with Gasteiger partial charge in [-0.2, -0.15) is 15.0 Å². The van der Waals surface area contributed by atoms with E-state index < -0.39 is 67.9 Å². The number of nitrogens with zero attached hydrogens (tertiary/aromatic N) is 5. The Hall–Kier alpha value is -1.46. The Morgan fingerprint density at radius 2 is 1.36 bits per heavy atom. The van der Waals surface area contributed by atoms with Crippen LogP contribution in [0.25, 0.3) is 22.1 Å². The molecule has 19 nitrogen and oxygen atoms in total. The molecule has 0 aliphatic carbocycles. The number of aromatic nitrogens is 6. The van der Waals surface area contributed by atoms with Gasteiger partial charge < -0.3 is 70.9 Å². The molecule has 0 spiro atoms. The van der Waals surface area contributed by atoms with Crippen molar-refractivity contribution in [3.63, 3.8) is 0 Å². The summed E-state index contributed by atoms with van der Waals surface area (Å²) in [4.78, 5) is 26.6. The molecule has 2 fully saturated rings. The van der Waals surface area contributed by atoms with Gasteiger partial charge in [-0.1, -0.05) is 0 Å². The fourth-order valence-corrected chi connectivity index (χ4v) is 6.53. The van der Waals surface area contributed by atoms with Crippen LogP contribution in [0.5, 0.6) is 5.88 Å². The summed E-state index contributed by atoms with van der Waals surface area (Å²) in [5, 5.41) is 59.2. The van der Waals surface area contributed by atoms with Crippen molar-refractivity contribution >= 4 is 79.1 Å². The van der Waals surface area contributed by atoms with E-state index >= 15 is 0 Å². The van der Waals surface area contributed by atoms with Crippen LogP contribution in [0.15, 0.2) is 17.2 Å². The van der Waals surface area contributed by atoms with Crippen LogP contribution in [-0.2, 0) is 9.47 Å². The normalized spacial score (nSPS) is 27.6. The van der Waals surface area contributed by atoms with E-state index in [1.807, 2.05) is 22.6 Å². The number of nitrogens with one attached hydrogen (secondary N) is 1. The zero-order valence-electron chi connectivity index (χ0n) is 23.6. The number of aliphatic hydroxyl groups is 6. The number of H-pyrrole nitrogens is 1. The second-order valence-corrected chi connectivity index (χ2v) is 12.0. The summed E-state index contributed by atoms with van der Waals surface area (Å²) in [6.07, 6.45) is -5.22. The molecule has 45 heavy (non-hydrogen) atoms. The molecule has 0 saturated carbocycles. The minimum atomic E-state index is -1.25. The second kappa shape index (κ2) is 15.2. The number of halogens is 2. The number of methoxy groups -OCH3 is 1. The van der Waals surface area contributed by atoms with E-state index in [-0.39, 0.29) is 54.0 Å². The van der Waals surface area contributed by atoms with Gasteiger partial charge in [0.05, 0.1) is 31.1 Å². The van der Waals surface area contributed by atoms with Gasteiger partial charge in [0.15, 0.2) is 23.8 Å². The third-order valence-corrected chi connectivity index (χ3v) is 8.68. The molecule has 0 radical (unpaired) electrons. The van der Waals surface area contributed by atoms with Gasteiger partial charge in [0, 0.05) is 21.0 Å². The zero-order chi connectivity index (χ0) is 31.3. The van der Waals surface area contributed by atoms with Crippen molar-refractivity contribution in [3.8, 4) is 5.88 Å². The van der Waals surface area contributed by atoms with Gasteiger partial charge in [0.2, 0.25) is 17.8 Å². The molecule has 8 unspecified atom stereocenters. The van der Waals surface area contributed by atoms with Crippen LogP contribution in [0.1, 0.15) is 13.9 Å². The first-order valence-electron chi connectivity index (χ1n) is 12.6. The van der Waals surface area contributed by atoms with E-state index in [4.69, 9.17) is 30.8 Å². The Morgan fingerprint density at radius 1 is 0.889 bits per heavy atom. The van der Waals surface area contributed by atoms with E-state index in [2.05, 4.69) is 42.5 Å². The van der Waals surface area contributed by atoms with Crippen molar-refractivity contribution in [3.05, 3.63) is 29.9 Å². The number of hydrogen-bond acceptors (Lipinski definition) is 16. The zero-order valence-corrected chi connectivity index (χ0v) is 29.9. The molecular formula is C23H31I2N8NaO11. The van der Waals surface area contributed by atoms with Crippen molar-refractivity contribution in [2.75, 3.05) is 31.8 Å². The molecule has 2 aliphatic rings. The third kappa shape index (κ3) is 6.92. The van der Waals surface area contributed by atoms with Crippen LogP contribution in [0, 0.1) is 7.14 Å². The number of anilines is 2. The first-order valence-corrected chi connectivity index (χ1v) is 14.8. The number of nitrogen functional groups attached to an aromatic ring is 2. The fourth-order valence-electron chi connectivity index (χ4n) is 4.97. The monoisotopic (exact) mass is 873 g/mol. The summed E-state index contributed by atoms with van der Waals surface area (Å²) < 4.78 is 20.6. The molecule has 0 amide bonds. The predicted octanol–water partition coefficient (Wildman–Crippen LogP) is -5.17.